The summed E-state index contributed by atoms with van der Waals surface area (Å²) in [6, 6.07) is 0.673. The summed E-state index contributed by atoms with van der Waals surface area (Å²) in [6.07, 6.45) is 9.34. The fourth-order valence-electron chi connectivity index (χ4n) is 2.63. The van der Waals surface area contributed by atoms with E-state index in [9.17, 15) is 0 Å². The van der Waals surface area contributed by atoms with E-state index in [0.29, 0.717) is 18.1 Å². The lowest BCUT2D eigenvalue weighted by Crippen LogP contribution is -2.34. The van der Waals surface area contributed by atoms with Crippen LogP contribution in [0.2, 0.25) is 0 Å². The molecule has 0 spiro atoms. The van der Waals surface area contributed by atoms with Crippen molar-refractivity contribution >= 4 is 0 Å². The Hall–Kier alpha value is -0.0800. The van der Waals surface area contributed by atoms with E-state index < -0.39 is 0 Å². The zero-order valence-electron chi connectivity index (χ0n) is 9.97. The zero-order valence-corrected chi connectivity index (χ0v) is 9.97. The predicted molar refractivity (Wildman–Crippen MR) is 62.8 cm³/mol. The highest BCUT2D eigenvalue weighted by Gasteiger charge is 2.41. The van der Waals surface area contributed by atoms with Crippen LogP contribution >= 0.6 is 0 Å². The van der Waals surface area contributed by atoms with Gasteiger partial charge in [-0.3, -0.25) is 0 Å². The van der Waals surface area contributed by atoms with Crippen LogP contribution in [-0.2, 0) is 0 Å². The molecule has 0 aliphatic heterocycles. The Morgan fingerprint density at radius 1 is 1.40 bits per heavy atom. The smallest absolute Gasteiger partial charge is 0.0436 e. The summed E-state index contributed by atoms with van der Waals surface area (Å²) in [7, 11) is 0. The van der Waals surface area contributed by atoms with Gasteiger partial charge in [-0.15, -0.1) is 0 Å². The molecule has 0 bridgehead atoms. The Balaban J connectivity index is 1.59. The number of hydrogen-bond acceptors (Lipinski definition) is 2. The first-order valence-electron chi connectivity index (χ1n) is 6.58. The van der Waals surface area contributed by atoms with Crippen molar-refractivity contribution in [3.8, 4) is 0 Å². The first-order valence-corrected chi connectivity index (χ1v) is 6.58. The van der Waals surface area contributed by atoms with Crippen molar-refractivity contribution in [2.75, 3.05) is 13.2 Å². The molecule has 2 nitrogen and oxygen atoms in total. The molecule has 88 valence electrons. The van der Waals surface area contributed by atoms with Crippen molar-refractivity contribution in [3.05, 3.63) is 0 Å². The van der Waals surface area contributed by atoms with Crippen LogP contribution in [0.3, 0.4) is 0 Å². The second kappa shape index (κ2) is 4.84. The number of hydrogen-bond donors (Lipinski definition) is 2. The van der Waals surface area contributed by atoms with Crippen molar-refractivity contribution in [1.29, 1.82) is 0 Å². The van der Waals surface area contributed by atoms with E-state index in [1.54, 1.807) is 0 Å². The molecule has 0 aromatic heterocycles. The Morgan fingerprint density at radius 3 is 2.60 bits per heavy atom. The van der Waals surface area contributed by atoms with Gasteiger partial charge in [0, 0.05) is 19.2 Å². The van der Waals surface area contributed by atoms with Crippen LogP contribution in [-0.4, -0.2) is 24.3 Å². The van der Waals surface area contributed by atoms with Gasteiger partial charge >= 0.3 is 0 Å². The monoisotopic (exact) mass is 211 g/mol. The van der Waals surface area contributed by atoms with E-state index in [0.717, 1.165) is 18.9 Å². The highest BCUT2D eigenvalue weighted by molar-refractivity contribution is 4.95. The maximum atomic E-state index is 8.97. The van der Waals surface area contributed by atoms with Gasteiger partial charge in [0.25, 0.3) is 0 Å². The van der Waals surface area contributed by atoms with Crippen molar-refractivity contribution in [1.82, 2.24) is 5.32 Å². The Morgan fingerprint density at radius 2 is 2.13 bits per heavy atom. The molecule has 0 aromatic rings. The van der Waals surface area contributed by atoms with Crippen LogP contribution in [0.15, 0.2) is 0 Å². The van der Waals surface area contributed by atoms with Gasteiger partial charge in [-0.25, -0.2) is 0 Å². The van der Waals surface area contributed by atoms with Gasteiger partial charge in [0.2, 0.25) is 0 Å². The lowest BCUT2D eigenvalue weighted by Gasteiger charge is -2.29. The summed E-state index contributed by atoms with van der Waals surface area (Å²) in [6.45, 7) is 3.80. The summed E-state index contributed by atoms with van der Waals surface area (Å²) in [4.78, 5) is 0. The van der Waals surface area contributed by atoms with E-state index in [1.165, 1.54) is 38.5 Å². The quantitative estimate of drug-likeness (QED) is 0.677. The van der Waals surface area contributed by atoms with E-state index in [4.69, 9.17) is 5.11 Å². The van der Waals surface area contributed by atoms with E-state index >= 15 is 0 Å². The molecule has 0 heterocycles. The van der Waals surface area contributed by atoms with E-state index in [-0.39, 0.29) is 0 Å². The fraction of sp³-hybridized carbons (Fsp3) is 1.00. The Labute approximate surface area is 93.5 Å². The lowest BCUT2D eigenvalue weighted by molar-refractivity contribution is 0.231. The van der Waals surface area contributed by atoms with E-state index in [1.807, 2.05) is 0 Å². The molecule has 2 rings (SSSR count). The van der Waals surface area contributed by atoms with Crippen LogP contribution in [0.25, 0.3) is 0 Å². The van der Waals surface area contributed by atoms with Crippen molar-refractivity contribution in [2.45, 2.75) is 57.9 Å². The highest BCUT2D eigenvalue weighted by atomic mass is 16.3. The highest BCUT2D eigenvalue weighted by Crippen LogP contribution is 2.48. The van der Waals surface area contributed by atoms with Crippen molar-refractivity contribution in [2.24, 2.45) is 11.3 Å². The molecule has 2 aliphatic carbocycles. The maximum absolute atomic E-state index is 8.97. The molecule has 0 radical (unpaired) electrons. The molecule has 15 heavy (non-hydrogen) atoms. The molecule has 0 amide bonds. The summed E-state index contributed by atoms with van der Waals surface area (Å²) in [5.41, 5.74) is 0.475. The minimum absolute atomic E-state index is 0.360. The zero-order chi connectivity index (χ0) is 10.7. The average Bonchev–Trinajstić information content (AvgIpc) is 2.90. The standard InChI is InChI=1S/C13H25NO/c1-11(9-12-3-2-4-12)14-10-13(5-6-13)7-8-15/h11-12,14-15H,2-10H2,1H3. The molecular weight excluding hydrogens is 186 g/mol. The van der Waals surface area contributed by atoms with Gasteiger partial charge in [0.05, 0.1) is 0 Å². The van der Waals surface area contributed by atoms with Crippen molar-refractivity contribution in [3.63, 3.8) is 0 Å². The molecule has 0 saturated heterocycles. The number of rotatable bonds is 7. The summed E-state index contributed by atoms with van der Waals surface area (Å²) in [5.74, 6) is 1.00. The number of aliphatic hydroxyl groups excluding tert-OH is 1. The second-order valence-electron chi connectivity index (χ2n) is 5.79. The maximum Gasteiger partial charge on any atom is 0.0436 e. The molecule has 2 saturated carbocycles. The molecule has 1 unspecified atom stereocenters. The predicted octanol–water partition coefficient (Wildman–Crippen LogP) is 2.32. The van der Waals surface area contributed by atoms with Crippen LogP contribution in [0.4, 0.5) is 0 Å². The third kappa shape index (κ3) is 3.18. The molecule has 2 fully saturated rings. The lowest BCUT2D eigenvalue weighted by atomic mass is 9.81. The Kier molecular flexibility index (Phi) is 3.68. The molecule has 2 heteroatoms. The van der Waals surface area contributed by atoms with Gasteiger partial charge in [0.15, 0.2) is 0 Å². The van der Waals surface area contributed by atoms with Crippen LogP contribution in [0.1, 0.15) is 51.9 Å². The summed E-state index contributed by atoms with van der Waals surface area (Å²) < 4.78 is 0. The topological polar surface area (TPSA) is 32.3 Å². The third-order valence-corrected chi connectivity index (χ3v) is 4.34. The second-order valence-corrected chi connectivity index (χ2v) is 5.79. The van der Waals surface area contributed by atoms with Gasteiger partial charge in [-0.1, -0.05) is 19.3 Å². The van der Waals surface area contributed by atoms with Crippen molar-refractivity contribution < 1.29 is 5.11 Å². The molecular formula is C13H25NO. The Bertz CT molecular complexity index is 197. The fourth-order valence-corrected chi connectivity index (χ4v) is 2.63. The largest absolute Gasteiger partial charge is 0.396 e. The molecule has 0 aromatic carbocycles. The van der Waals surface area contributed by atoms with Gasteiger partial charge in [0.1, 0.15) is 0 Å². The summed E-state index contributed by atoms with van der Waals surface area (Å²) >= 11 is 0. The third-order valence-electron chi connectivity index (χ3n) is 4.34. The van der Waals surface area contributed by atoms with Crippen LogP contribution < -0.4 is 5.32 Å². The SMILES string of the molecule is CC(CC1CCC1)NCC1(CCO)CC1. The minimum atomic E-state index is 0.360. The number of aliphatic hydroxyl groups is 1. The van der Waals surface area contributed by atoms with Gasteiger partial charge < -0.3 is 10.4 Å². The molecule has 2 aliphatic rings. The minimum Gasteiger partial charge on any atom is -0.396 e. The average molecular weight is 211 g/mol. The van der Waals surface area contributed by atoms with Crippen LogP contribution in [0.5, 0.6) is 0 Å². The first kappa shape index (κ1) is 11.4. The van der Waals surface area contributed by atoms with Gasteiger partial charge in [-0.05, 0) is 43.9 Å². The summed E-state index contributed by atoms with van der Waals surface area (Å²) in [5, 5.41) is 12.6. The van der Waals surface area contributed by atoms with E-state index in [2.05, 4.69) is 12.2 Å². The molecule has 1 atom stereocenters. The molecule has 2 N–H and O–H groups in total. The number of nitrogens with one attached hydrogen (secondary N) is 1. The first-order chi connectivity index (χ1) is 7.24. The van der Waals surface area contributed by atoms with Gasteiger partial charge in [-0.2, -0.15) is 0 Å². The normalized spacial score (nSPS) is 26.0. The van der Waals surface area contributed by atoms with Crippen LogP contribution in [0, 0.1) is 11.3 Å².